The van der Waals surface area contributed by atoms with Gasteiger partial charge in [-0.25, -0.2) is 0 Å². The van der Waals surface area contributed by atoms with E-state index >= 15 is 0 Å². The maximum Gasteiger partial charge on any atom is 0.270 e. The molecule has 0 saturated heterocycles. The van der Waals surface area contributed by atoms with Crippen LogP contribution in [0.1, 0.15) is 49.7 Å². The molecule has 3 aromatic rings. The van der Waals surface area contributed by atoms with E-state index in [4.69, 9.17) is 16.3 Å². The molecule has 0 spiro atoms. The lowest BCUT2D eigenvalue weighted by Crippen LogP contribution is -2.48. The minimum atomic E-state index is -0.406. The Morgan fingerprint density at radius 3 is 2.21 bits per heavy atom. The second-order valence-corrected chi connectivity index (χ2v) is 11.0. The fraction of sp³-hybridized carbons (Fsp3) is 0.379. The number of rotatable bonds is 6. The molecule has 5 heteroatoms. The monoisotopic (exact) mass is 473 g/mol. The summed E-state index contributed by atoms with van der Waals surface area (Å²) in [6.45, 7) is 0.540. The average molecular weight is 474 g/mol. The number of ether oxygens (including phenoxy) is 1. The second kappa shape index (κ2) is 8.42. The molecule has 3 aromatic carbocycles. The van der Waals surface area contributed by atoms with Gasteiger partial charge in [-0.05, 0) is 91.0 Å². The van der Waals surface area contributed by atoms with Crippen LogP contribution in [0.5, 0.6) is 5.75 Å². The van der Waals surface area contributed by atoms with Crippen LogP contribution in [-0.2, 0) is 12.0 Å². The van der Waals surface area contributed by atoms with Crippen molar-refractivity contribution in [1.29, 1.82) is 0 Å². The number of nitro benzene ring substituents is 1. The predicted octanol–water partition coefficient (Wildman–Crippen LogP) is 7.96. The maximum absolute atomic E-state index is 11.2. The molecule has 0 heterocycles. The molecule has 34 heavy (non-hydrogen) atoms. The van der Waals surface area contributed by atoms with Gasteiger partial charge >= 0.3 is 0 Å². The molecule has 4 saturated carbocycles. The van der Waals surface area contributed by atoms with Crippen LogP contribution in [-0.4, -0.2) is 4.92 Å². The molecule has 4 fully saturated rings. The van der Waals surface area contributed by atoms with Gasteiger partial charge in [0.2, 0.25) is 0 Å². The van der Waals surface area contributed by atoms with Crippen LogP contribution >= 0.6 is 11.6 Å². The standard InChI is InChI=1S/C29H28ClNO3/c30-27-14-24(31(32)33)7-8-25(27)23-6-9-28(34-18-19-4-2-1-3-5-19)26(13-23)29-15-20-10-21(16-29)12-22(11-20)17-29/h1-9,13-14,20-22H,10-12,15-18H2. The van der Waals surface area contributed by atoms with Crippen LogP contribution in [0.3, 0.4) is 0 Å². The van der Waals surface area contributed by atoms with Crippen LogP contribution in [0.2, 0.25) is 5.02 Å². The molecule has 4 nitrogen and oxygen atoms in total. The first-order chi connectivity index (χ1) is 16.5. The van der Waals surface area contributed by atoms with E-state index in [1.807, 2.05) is 24.3 Å². The molecular weight excluding hydrogens is 446 g/mol. The Morgan fingerprint density at radius 2 is 1.59 bits per heavy atom. The van der Waals surface area contributed by atoms with Gasteiger partial charge in [-0.2, -0.15) is 0 Å². The third kappa shape index (κ3) is 3.88. The van der Waals surface area contributed by atoms with E-state index in [9.17, 15) is 10.1 Å². The Bertz CT molecular complexity index is 1200. The molecule has 4 aliphatic carbocycles. The van der Waals surface area contributed by atoms with Gasteiger partial charge in [0.1, 0.15) is 12.4 Å². The van der Waals surface area contributed by atoms with E-state index in [-0.39, 0.29) is 11.1 Å². The Labute approximate surface area is 205 Å². The lowest BCUT2D eigenvalue weighted by molar-refractivity contribution is -0.384. The van der Waals surface area contributed by atoms with E-state index in [1.165, 1.54) is 56.2 Å². The average Bonchev–Trinajstić information content (AvgIpc) is 2.82. The van der Waals surface area contributed by atoms with Crippen LogP contribution in [0.4, 0.5) is 5.69 Å². The summed E-state index contributed by atoms with van der Waals surface area (Å²) in [5.74, 6) is 3.42. The summed E-state index contributed by atoms with van der Waals surface area (Å²) in [5, 5.41) is 11.6. The summed E-state index contributed by atoms with van der Waals surface area (Å²) >= 11 is 6.52. The molecule has 0 atom stereocenters. The van der Waals surface area contributed by atoms with Gasteiger partial charge in [0, 0.05) is 23.3 Å². The fourth-order valence-electron chi connectivity index (χ4n) is 7.27. The van der Waals surface area contributed by atoms with Crippen molar-refractivity contribution < 1.29 is 9.66 Å². The highest BCUT2D eigenvalue weighted by Crippen LogP contribution is 2.62. The molecule has 4 aliphatic rings. The number of non-ortho nitro benzene ring substituents is 1. The molecule has 7 rings (SSSR count). The largest absolute Gasteiger partial charge is 0.489 e. The van der Waals surface area contributed by atoms with Crippen molar-refractivity contribution in [3.05, 3.63) is 93.0 Å². The molecular formula is C29H28ClNO3. The van der Waals surface area contributed by atoms with Gasteiger partial charge in [-0.1, -0.05) is 48.0 Å². The van der Waals surface area contributed by atoms with Crippen molar-refractivity contribution in [3.8, 4) is 16.9 Å². The lowest BCUT2D eigenvalue weighted by Gasteiger charge is -2.57. The Morgan fingerprint density at radius 1 is 0.912 bits per heavy atom. The van der Waals surface area contributed by atoms with Crippen molar-refractivity contribution in [2.75, 3.05) is 0 Å². The van der Waals surface area contributed by atoms with Crippen LogP contribution < -0.4 is 4.74 Å². The highest BCUT2D eigenvalue weighted by atomic mass is 35.5. The number of hydrogen-bond acceptors (Lipinski definition) is 3. The van der Waals surface area contributed by atoms with E-state index in [0.717, 1.165) is 40.2 Å². The van der Waals surface area contributed by atoms with Gasteiger partial charge in [-0.15, -0.1) is 0 Å². The van der Waals surface area contributed by atoms with Crippen molar-refractivity contribution in [2.24, 2.45) is 17.8 Å². The SMILES string of the molecule is O=[N+]([O-])c1ccc(-c2ccc(OCc3ccccc3)c(C34CC5CC(CC(C5)C3)C4)c2)c(Cl)c1. The predicted molar refractivity (Wildman–Crippen MR) is 134 cm³/mol. The van der Waals surface area contributed by atoms with Crippen LogP contribution in [0.25, 0.3) is 11.1 Å². The maximum atomic E-state index is 11.2. The fourth-order valence-corrected chi connectivity index (χ4v) is 7.55. The van der Waals surface area contributed by atoms with Crippen molar-refractivity contribution in [3.63, 3.8) is 0 Å². The smallest absolute Gasteiger partial charge is 0.270 e. The molecule has 4 bridgehead atoms. The van der Waals surface area contributed by atoms with Crippen molar-refractivity contribution in [1.82, 2.24) is 0 Å². The van der Waals surface area contributed by atoms with Crippen molar-refractivity contribution in [2.45, 2.75) is 50.5 Å². The summed E-state index contributed by atoms with van der Waals surface area (Å²) in [5.41, 5.74) is 4.45. The first kappa shape index (κ1) is 21.7. The number of benzene rings is 3. The Balaban J connectivity index is 1.41. The first-order valence-electron chi connectivity index (χ1n) is 12.2. The molecule has 0 aromatic heterocycles. The summed E-state index contributed by atoms with van der Waals surface area (Å²) in [6.07, 6.45) is 7.85. The Hall–Kier alpha value is -2.85. The van der Waals surface area contributed by atoms with Crippen LogP contribution in [0.15, 0.2) is 66.7 Å². The molecule has 0 aliphatic heterocycles. The quantitative estimate of drug-likeness (QED) is 0.269. The van der Waals surface area contributed by atoms with Gasteiger partial charge in [0.25, 0.3) is 5.69 Å². The van der Waals surface area contributed by atoms with E-state index in [1.54, 1.807) is 6.07 Å². The zero-order chi connectivity index (χ0) is 23.3. The number of nitrogens with zero attached hydrogens (tertiary/aromatic N) is 1. The highest BCUT2D eigenvalue weighted by Gasteiger charge is 2.52. The third-order valence-electron chi connectivity index (χ3n) is 8.30. The minimum Gasteiger partial charge on any atom is -0.489 e. The highest BCUT2D eigenvalue weighted by molar-refractivity contribution is 6.33. The molecule has 174 valence electrons. The molecule has 0 N–H and O–H groups in total. The van der Waals surface area contributed by atoms with E-state index < -0.39 is 4.92 Å². The van der Waals surface area contributed by atoms with Gasteiger partial charge in [0.05, 0.1) is 9.95 Å². The minimum absolute atomic E-state index is 0.0119. The first-order valence-corrected chi connectivity index (χ1v) is 12.6. The number of hydrogen-bond donors (Lipinski definition) is 0. The summed E-state index contributed by atoms with van der Waals surface area (Å²) < 4.78 is 6.46. The Kier molecular flexibility index (Phi) is 5.37. The van der Waals surface area contributed by atoms with Crippen LogP contribution in [0, 0.1) is 27.9 Å². The van der Waals surface area contributed by atoms with Crippen molar-refractivity contribution >= 4 is 17.3 Å². The normalized spacial score (nSPS) is 27.0. The molecule has 0 unspecified atom stereocenters. The number of halogens is 1. The van der Waals surface area contributed by atoms with Gasteiger partial charge in [0.15, 0.2) is 0 Å². The van der Waals surface area contributed by atoms with Gasteiger partial charge < -0.3 is 4.74 Å². The second-order valence-electron chi connectivity index (χ2n) is 10.6. The van der Waals surface area contributed by atoms with E-state index in [0.29, 0.717) is 11.6 Å². The van der Waals surface area contributed by atoms with Gasteiger partial charge in [-0.3, -0.25) is 10.1 Å². The molecule has 0 amide bonds. The molecule has 0 radical (unpaired) electrons. The topological polar surface area (TPSA) is 52.4 Å². The zero-order valence-electron chi connectivity index (χ0n) is 19.1. The summed E-state index contributed by atoms with van der Waals surface area (Å²) in [7, 11) is 0. The lowest BCUT2D eigenvalue weighted by atomic mass is 9.48. The summed E-state index contributed by atoms with van der Waals surface area (Å²) in [6, 6.07) is 21.4. The van der Waals surface area contributed by atoms with E-state index in [2.05, 4.69) is 24.3 Å². The zero-order valence-corrected chi connectivity index (χ0v) is 19.8. The third-order valence-corrected chi connectivity index (χ3v) is 8.61. The summed E-state index contributed by atoms with van der Waals surface area (Å²) in [4.78, 5) is 10.8. The number of nitro groups is 1.